The molecule has 112 valence electrons. The van der Waals surface area contributed by atoms with Gasteiger partial charge in [0.05, 0.1) is 12.2 Å². The van der Waals surface area contributed by atoms with Crippen LogP contribution in [-0.4, -0.2) is 39.7 Å². The molecule has 1 heterocycles. The minimum Gasteiger partial charge on any atom is -0.395 e. The van der Waals surface area contributed by atoms with Crippen LogP contribution in [0.2, 0.25) is 0 Å². The number of carbonyl (C=O) groups is 1. The van der Waals surface area contributed by atoms with E-state index in [9.17, 15) is 9.90 Å². The normalized spacial score (nSPS) is 15.7. The van der Waals surface area contributed by atoms with Crippen molar-refractivity contribution in [3.05, 3.63) is 36.0 Å². The Labute approximate surface area is 125 Å². The molecule has 1 saturated carbocycles. The summed E-state index contributed by atoms with van der Waals surface area (Å²) < 4.78 is 1.99. The molecule has 21 heavy (non-hydrogen) atoms. The van der Waals surface area contributed by atoms with Crippen molar-refractivity contribution >= 4 is 16.8 Å². The number of aliphatic hydroxyl groups excluding tert-OH is 1. The van der Waals surface area contributed by atoms with E-state index in [-0.39, 0.29) is 18.6 Å². The van der Waals surface area contributed by atoms with Crippen molar-refractivity contribution in [2.45, 2.75) is 31.7 Å². The van der Waals surface area contributed by atoms with Crippen molar-refractivity contribution in [3.63, 3.8) is 0 Å². The fraction of sp³-hybridized carbons (Fsp3) is 0.471. The van der Waals surface area contributed by atoms with Crippen LogP contribution in [0, 0.1) is 0 Å². The number of rotatable bonds is 4. The summed E-state index contributed by atoms with van der Waals surface area (Å²) in [6.45, 7) is 0.444. The maximum Gasteiger partial charge on any atom is 0.256 e. The summed E-state index contributed by atoms with van der Waals surface area (Å²) in [4.78, 5) is 14.8. The van der Waals surface area contributed by atoms with Gasteiger partial charge in [0.15, 0.2) is 0 Å². The second-order valence-electron chi connectivity index (χ2n) is 5.83. The number of hydrogen-bond donors (Lipinski definition) is 1. The van der Waals surface area contributed by atoms with Gasteiger partial charge < -0.3 is 14.6 Å². The number of fused-ring (bicyclic) bond motifs is 1. The molecule has 0 saturated heterocycles. The highest BCUT2D eigenvalue weighted by Gasteiger charge is 2.28. The van der Waals surface area contributed by atoms with Crippen molar-refractivity contribution < 1.29 is 9.90 Å². The lowest BCUT2D eigenvalue weighted by Gasteiger charge is -2.28. The van der Waals surface area contributed by atoms with Gasteiger partial charge in [0.25, 0.3) is 5.91 Å². The van der Waals surface area contributed by atoms with Crippen LogP contribution in [0.4, 0.5) is 0 Å². The monoisotopic (exact) mass is 286 g/mol. The van der Waals surface area contributed by atoms with Crippen molar-refractivity contribution in [2.24, 2.45) is 7.05 Å². The third-order valence-corrected chi connectivity index (χ3v) is 4.49. The molecular weight excluding hydrogens is 264 g/mol. The van der Waals surface area contributed by atoms with E-state index in [0.717, 1.165) is 29.3 Å². The van der Waals surface area contributed by atoms with Crippen LogP contribution in [0.3, 0.4) is 0 Å². The van der Waals surface area contributed by atoms with Crippen molar-refractivity contribution in [1.82, 2.24) is 9.47 Å². The number of nitrogens with zero attached hydrogens (tertiary/aromatic N) is 2. The van der Waals surface area contributed by atoms with E-state index in [1.807, 2.05) is 47.0 Å². The van der Waals surface area contributed by atoms with Gasteiger partial charge in [0, 0.05) is 36.7 Å². The molecule has 4 nitrogen and oxygen atoms in total. The Hall–Kier alpha value is -1.81. The molecule has 0 spiro atoms. The first kappa shape index (κ1) is 14.1. The highest BCUT2D eigenvalue weighted by Crippen LogP contribution is 2.27. The second kappa shape index (κ2) is 5.90. The van der Waals surface area contributed by atoms with E-state index >= 15 is 0 Å². The smallest absolute Gasteiger partial charge is 0.256 e. The Balaban J connectivity index is 1.97. The molecule has 1 aromatic carbocycles. The number of aromatic nitrogens is 1. The minimum atomic E-state index is 0.0208. The molecule has 0 unspecified atom stereocenters. The minimum absolute atomic E-state index is 0.0208. The van der Waals surface area contributed by atoms with Crippen LogP contribution < -0.4 is 0 Å². The predicted molar refractivity (Wildman–Crippen MR) is 83.3 cm³/mol. The molecule has 1 fully saturated rings. The molecule has 3 rings (SSSR count). The van der Waals surface area contributed by atoms with Crippen LogP contribution in [0.1, 0.15) is 36.0 Å². The van der Waals surface area contributed by atoms with Crippen LogP contribution in [0.15, 0.2) is 30.5 Å². The Morgan fingerprint density at radius 3 is 2.76 bits per heavy atom. The van der Waals surface area contributed by atoms with Gasteiger partial charge in [-0.1, -0.05) is 31.0 Å². The van der Waals surface area contributed by atoms with Crippen molar-refractivity contribution in [1.29, 1.82) is 0 Å². The average molecular weight is 286 g/mol. The van der Waals surface area contributed by atoms with Gasteiger partial charge in [-0.05, 0) is 18.9 Å². The molecule has 0 bridgehead atoms. The Morgan fingerprint density at radius 2 is 2.05 bits per heavy atom. The molecule has 4 heteroatoms. The van der Waals surface area contributed by atoms with E-state index in [1.54, 1.807) is 0 Å². The number of aliphatic hydroxyl groups is 1. The van der Waals surface area contributed by atoms with Gasteiger partial charge in [-0.2, -0.15) is 0 Å². The quantitative estimate of drug-likeness (QED) is 0.939. The molecule has 1 aliphatic carbocycles. The fourth-order valence-corrected chi connectivity index (χ4v) is 3.44. The van der Waals surface area contributed by atoms with Gasteiger partial charge in [0.2, 0.25) is 0 Å². The van der Waals surface area contributed by atoms with Crippen LogP contribution in [0.5, 0.6) is 0 Å². The number of aryl methyl sites for hydroxylation is 1. The van der Waals surface area contributed by atoms with E-state index in [2.05, 4.69) is 0 Å². The van der Waals surface area contributed by atoms with Gasteiger partial charge in [-0.3, -0.25) is 4.79 Å². The molecule has 1 aromatic heterocycles. The van der Waals surface area contributed by atoms with Crippen molar-refractivity contribution in [2.75, 3.05) is 13.2 Å². The summed E-state index contributed by atoms with van der Waals surface area (Å²) in [5.41, 5.74) is 1.81. The molecule has 1 aliphatic rings. The van der Waals surface area contributed by atoms with Crippen molar-refractivity contribution in [3.8, 4) is 0 Å². The zero-order valence-corrected chi connectivity index (χ0v) is 12.5. The molecule has 1 N–H and O–H groups in total. The third-order valence-electron chi connectivity index (χ3n) is 4.49. The number of hydrogen-bond acceptors (Lipinski definition) is 2. The van der Waals surface area contributed by atoms with E-state index in [4.69, 9.17) is 0 Å². The lowest BCUT2D eigenvalue weighted by molar-refractivity contribution is 0.0640. The van der Waals surface area contributed by atoms with E-state index in [0.29, 0.717) is 6.54 Å². The summed E-state index contributed by atoms with van der Waals surface area (Å²) in [6, 6.07) is 8.25. The molecule has 0 radical (unpaired) electrons. The highest BCUT2D eigenvalue weighted by atomic mass is 16.3. The lowest BCUT2D eigenvalue weighted by Crippen LogP contribution is -2.40. The summed E-state index contributed by atoms with van der Waals surface area (Å²) in [7, 11) is 1.96. The van der Waals surface area contributed by atoms with Crippen LogP contribution >= 0.6 is 0 Å². The van der Waals surface area contributed by atoms with E-state index in [1.165, 1.54) is 12.8 Å². The molecular formula is C17H22N2O2. The summed E-state index contributed by atoms with van der Waals surface area (Å²) >= 11 is 0. The number of benzene rings is 1. The molecule has 1 amide bonds. The van der Waals surface area contributed by atoms with Gasteiger partial charge in [0.1, 0.15) is 0 Å². The second-order valence-corrected chi connectivity index (χ2v) is 5.83. The summed E-state index contributed by atoms with van der Waals surface area (Å²) in [5.74, 6) is 0.0488. The Morgan fingerprint density at radius 1 is 1.33 bits per heavy atom. The first-order valence-electron chi connectivity index (χ1n) is 7.68. The summed E-state index contributed by atoms with van der Waals surface area (Å²) in [6.07, 6.45) is 6.37. The molecule has 2 aromatic rings. The molecule has 0 aliphatic heterocycles. The molecule has 0 atom stereocenters. The number of carbonyl (C=O) groups excluding carboxylic acids is 1. The first-order chi connectivity index (χ1) is 10.2. The third kappa shape index (κ3) is 2.56. The van der Waals surface area contributed by atoms with Gasteiger partial charge in [-0.15, -0.1) is 0 Å². The zero-order chi connectivity index (χ0) is 14.8. The van der Waals surface area contributed by atoms with Gasteiger partial charge in [-0.25, -0.2) is 0 Å². The standard InChI is InChI=1S/C17H22N2O2/c1-18-12-15(14-8-4-5-9-16(14)18)17(21)19(10-11-20)13-6-2-3-7-13/h4-5,8-9,12-13,20H,2-3,6-7,10-11H2,1H3. The van der Waals surface area contributed by atoms with E-state index < -0.39 is 0 Å². The Bertz CT molecular complexity index is 641. The van der Waals surface area contributed by atoms with Crippen LogP contribution in [-0.2, 0) is 7.05 Å². The van der Waals surface area contributed by atoms with Crippen LogP contribution in [0.25, 0.3) is 10.9 Å². The predicted octanol–water partition coefficient (Wildman–Crippen LogP) is 2.56. The fourth-order valence-electron chi connectivity index (χ4n) is 3.44. The summed E-state index contributed by atoms with van der Waals surface area (Å²) in [5, 5.41) is 10.3. The number of para-hydroxylation sites is 1. The topological polar surface area (TPSA) is 45.5 Å². The van der Waals surface area contributed by atoms with Gasteiger partial charge >= 0.3 is 0 Å². The SMILES string of the molecule is Cn1cc(C(=O)N(CCO)C2CCCC2)c2ccccc21. The number of amides is 1. The maximum absolute atomic E-state index is 13.0. The Kier molecular flexibility index (Phi) is 3.97. The zero-order valence-electron chi connectivity index (χ0n) is 12.5. The highest BCUT2D eigenvalue weighted by molar-refractivity contribution is 6.07. The largest absolute Gasteiger partial charge is 0.395 e. The maximum atomic E-state index is 13.0. The average Bonchev–Trinajstić information content (AvgIpc) is 3.13. The first-order valence-corrected chi connectivity index (χ1v) is 7.68. The lowest BCUT2D eigenvalue weighted by atomic mass is 10.1.